The predicted octanol–water partition coefficient (Wildman–Crippen LogP) is 2.41. The molecule has 1 aliphatic carbocycles. The topological polar surface area (TPSA) is 90.3 Å². The van der Waals surface area contributed by atoms with Gasteiger partial charge in [-0.15, -0.1) is 0 Å². The molecule has 27 heavy (non-hydrogen) atoms. The Morgan fingerprint density at radius 2 is 1.81 bits per heavy atom. The molecule has 1 saturated carbocycles. The Labute approximate surface area is 157 Å². The number of para-hydroxylation sites is 1. The van der Waals surface area contributed by atoms with Crippen molar-refractivity contribution in [2.24, 2.45) is 11.0 Å². The summed E-state index contributed by atoms with van der Waals surface area (Å²) < 4.78 is 0. The highest BCUT2D eigenvalue weighted by Crippen LogP contribution is 2.40. The summed E-state index contributed by atoms with van der Waals surface area (Å²) in [5.41, 5.74) is 0.884. The van der Waals surface area contributed by atoms with E-state index in [1.807, 2.05) is 18.2 Å². The number of nitrogens with zero attached hydrogens (tertiary/aromatic N) is 3. The largest absolute Gasteiger partial charge is 0.480 e. The Morgan fingerprint density at radius 1 is 1.07 bits per heavy atom. The molecule has 2 fully saturated rings. The van der Waals surface area contributed by atoms with Gasteiger partial charge < -0.3 is 10.0 Å². The predicted molar refractivity (Wildman–Crippen MR) is 99.2 cm³/mol. The van der Waals surface area contributed by atoms with Gasteiger partial charge in [-0.25, -0.2) is 9.80 Å². The van der Waals surface area contributed by atoms with E-state index in [1.165, 1.54) is 5.01 Å². The number of fused-ring (bicyclic) bond motifs is 1. The standard InChI is InChI=1S/C20H23N3O4/c24-18-11-10-15(21-23(18)14-7-2-1-3-8-14)19(25)22-16-9-5-4-6-13(16)12-17(22)20(26)27/h1-3,7-8,13,16-17H,4-6,9-12H2,(H,26,27). The third-order valence-electron chi connectivity index (χ3n) is 5.89. The molecule has 1 N–H and O–H groups in total. The first-order valence-corrected chi connectivity index (χ1v) is 9.57. The molecule has 142 valence electrons. The number of likely N-dealkylation sites (tertiary alicyclic amines) is 1. The van der Waals surface area contributed by atoms with Crippen LogP contribution in [0.1, 0.15) is 44.9 Å². The van der Waals surface area contributed by atoms with Crippen molar-refractivity contribution >= 4 is 29.2 Å². The van der Waals surface area contributed by atoms with E-state index < -0.39 is 12.0 Å². The lowest BCUT2D eigenvalue weighted by molar-refractivity contribution is -0.147. The second kappa shape index (κ2) is 7.13. The number of carboxylic acids is 1. The maximum absolute atomic E-state index is 13.2. The smallest absolute Gasteiger partial charge is 0.326 e. The van der Waals surface area contributed by atoms with Gasteiger partial charge in [0.05, 0.1) is 5.69 Å². The number of amides is 2. The fourth-order valence-electron chi connectivity index (χ4n) is 4.60. The second-order valence-corrected chi connectivity index (χ2v) is 7.50. The molecular weight excluding hydrogens is 346 g/mol. The Balaban J connectivity index is 1.64. The average Bonchev–Trinajstić information content (AvgIpc) is 3.08. The van der Waals surface area contributed by atoms with Crippen molar-refractivity contribution in [1.82, 2.24) is 4.90 Å². The van der Waals surface area contributed by atoms with E-state index in [0.717, 1.165) is 25.7 Å². The highest BCUT2D eigenvalue weighted by molar-refractivity contribution is 6.40. The van der Waals surface area contributed by atoms with Gasteiger partial charge in [0.1, 0.15) is 11.8 Å². The van der Waals surface area contributed by atoms with E-state index in [4.69, 9.17) is 0 Å². The number of hydrogen-bond donors (Lipinski definition) is 1. The summed E-state index contributed by atoms with van der Waals surface area (Å²) in [5.74, 6) is -1.19. The minimum absolute atomic E-state index is 0.0298. The summed E-state index contributed by atoms with van der Waals surface area (Å²) in [6.07, 6.45) is 4.88. The molecule has 3 unspecified atom stereocenters. The molecular formula is C20H23N3O4. The molecule has 1 saturated heterocycles. The molecule has 0 aromatic heterocycles. The van der Waals surface area contributed by atoms with Gasteiger partial charge in [-0.05, 0) is 37.3 Å². The second-order valence-electron chi connectivity index (χ2n) is 7.50. The summed E-state index contributed by atoms with van der Waals surface area (Å²) in [6.45, 7) is 0. The monoisotopic (exact) mass is 369 g/mol. The van der Waals surface area contributed by atoms with Crippen molar-refractivity contribution in [2.75, 3.05) is 5.01 Å². The first kappa shape index (κ1) is 17.7. The summed E-state index contributed by atoms with van der Waals surface area (Å²) >= 11 is 0. The van der Waals surface area contributed by atoms with Gasteiger partial charge in [-0.1, -0.05) is 31.0 Å². The molecule has 0 spiro atoms. The van der Waals surface area contributed by atoms with Crippen LogP contribution in [0.4, 0.5) is 5.69 Å². The molecule has 3 atom stereocenters. The van der Waals surface area contributed by atoms with E-state index in [2.05, 4.69) is 5.10 Å². The van der Waals surface area contributed by atoms with Crippen LogP contribution in [0, 0.1) is 5.92 Å². The Morgan fingerprint density at radius 3 is 2.56 bits per heavy atom. The lowest BCUT2D eigenvalue weighted by Gasteiger charge is -2.34. The SMILES string of the molecule is O=C(O)C1CC2CCCCC2N1C(=O)C1=NN(c2ccccc2)C(=O)CC1. The zero-order valence-corrected chi connectivity index (χ0v) is 15.1. The van der Waals surface area contributed by atoms with Crippen LogP contribution in [0.15, 0.2) is 35.4 Å². The van der Waals surface area contributed by atoms with Crippen LogP contribution in [-0.4, -0.2) is 45.6 Å². The van der Waals surface area contributed by atoms with Crippen molar-refractivity contribution in [2.45, 2.75) is 57.0 Å². The van der Waals surface area contributed by atoms with Gasteiger partial charge in [0.25, 0.3) is 5.91 Å². The van der Waals surface area contributed by atoms with Crippen molar-refractivity contribution in [1.29, 1.82) is 0 Å². The Kier molecular flexibility index (Phi) is 4.68. The molecule has 4 rings (SSSR count). The molecule has 0 radical (unpaired) electrons. The zero-order chi connectivity index (χ0) is 19.0. The Bertz CT molecular complexity index is 792. The van der Waals surface area contributed by atoms with Crippen molar-refractivity contribution < 1.29 is 19.5 Å². The maximum Gasteiger partial charge on any atom is 0.326 e. The van der Waals surface area contributed by atoms with E-state index in [9.17, 15) is 19.5 Å². The quantitative estimate of drug-likeness (QED) is 0.886. The van der Waals surface area contributed by atoms with Crippen LogP contribution in [0.5, 0.6) is 0 Å². The highest BCUT2D eigenvalue weighted by atomic mass is 16.4. The molecule has 1 aromatic carbocycles. The molecule has 2 aliphatic heterocycles. The van der Waals surface area contributed by atoms with Crippen molar-refractivity contribution in [3.8, 4) is 0 Å². The van der Waals surface area contributed by atoms with E-state index >= 15 is 0 Å². The number of hydrazone groups is 1. The minimum Gasteiger partial charge on any atom is -0.480 e. The maximum atomic E-state index is 13.2. The third-order valence-corrected chi connectivity index (χ3v) is 5.89. The number of aliphatic carboxylic acids is 1. The number of carbonyl (C=O) groups is 3. The number of carboxylic acid groups (broad SMARTS) is 1. The van der Waals surface area contributed by atoms with Gasteiger partial charge in [-0.2, -0.15) is 5.10 Å². The van der Waals surface area contributed by atoms with Crippen molar-refractivity contribution in [3.05, 3.63) is 30.3 Å². The highest BCUT2D eigenvalue weighted by Gasteiger charge is 2.48. The molecule has 7 heteroatoms. The molecule has 1 aromatic rings. The number of benzene rings is 1. The van der Waals surface area contributed by atoms with Crippen LogP contribution in [0.2, 0.25) is 0 Å². The zero-order valence-electron chi connectivity index (χ0n) is 15.1. The van der Waals surface area contributed by atoms with Gasteiger partial charge in [0, 0.05) is 18.9 Å². The van der Waals surface area contributed by atoms with E-state index in [0.29, 0.717) is 12.1 Å². The fourth-order valence-corrected chi connectivity index (χ4v) is 4.60. The van der Waals surface area contributed by atoms with Gasteiger partial charge in [-0.3, -0.25) is 9.59 Å². The van der Waals surface area contributed by atoms with Gasteiger partial charge in [0.15, 0.2) is 0 Å². The van der Waals surface area contributed by atoms with Crippen LogP contribution < -0.4 is 5.01 Å². The third kappa shape index (κ3) is 3.22. The van der Waals surface area contributed by atoms with Crippen LogP contribution in [-0.2, 0) is 14.4 Å². The fraction of sp³-hybridized carbons (Fsp3) is 0.500. The van der Waals surface area contributed by atoms with Gasteiger partial charge in [0.2, 0.25) is 5.91 Å². The Hall–Kier alpha value is -2.70. The number of hydrogen-bond acceptors (Lipinski definition) is 4. The lowest BCUT2D eigenvalue weighted by Crippen LogP contribution is -2.50. The average molecular weight is 369 g/mol. The number of anilines is 1. The van der Waals surface area contributed by atoms with Crippen molar-refractivity contribution in [3.63, 3.8) is 0 Å². The van der Waals surface area contributed by atoms with E-state index in [-0.39, 0.29) is 42.3 Å². The molecule has 7 nitrogen and oxygen atoms in total. The summed E-state index contributed by atoms with van der Waals surface area (Å²) in [7, 11) is 0. The first-order chi connectivity index (χ1) is 13.1. The van der Waals surface area contributed by atoms with Crippen LogP contribution in [0.3, 0.4) is 0 Å². The molecule has 2 amide bonds. The van der Waals surface area contributed by atoms with Gasteiger partial charge >= 0.3 is 5.97 Å². The minimum atomic E-state index is -0.954. The van der Waals surface area contributed by atoms with Crippen LogP contribution in [0.25, 0.3) is 0 Å². The lowest BCUT2D eigenvalue weighted by atomic mass is 9.84. The first-order valence-electron chi connectivity index (χ1n) is 9.57. The van der Waals surface area contributed by atoms with E-state index in [1.54, 1.807) is 17.0 Å². The number of carbonyl (C=O) groups excluding carboxylic acids is 2. The summed E-state index contributed by atoms with van der Waals surface area (Å²) in [4.78, 5) is 38.9. The summed E-state index contributed by atoms with van der Waals surface area (Å²) in [5, 5.41) is 15.2. The van der Waals surface area contributed by atoms with Crippen LogP contribution >= 0.6 is 0 Å². The number of rotatable bonds is 3. The molecule has 0 bridgehead atoms. The molecule has 2 heterocycles. The normalized spacial score (nSPS) is 27.9. The summed E-state index contributed by atoms with van der Waals surface area (Å²) in [6, 6.07) is 8.17. The molecule has 3 aliphatic rings.